The summed E-state index contributed by atoms with van der Waals surface area (Å²) in [6, 6.07) is 0. The smallest absolute Gasteiger partial charge is 1.00 e. The van der Waals surface area contributed by atoms with Crippen molar-refractivity contribution in [2.45, 2.75) is 0 Å². The summed E-state index contributed by atoms with van der Waals surface area (Å²) >= 11 is 0. The first-order valence-electron chi connectivity index (χ1n) is 0.730. The second-order valence-electron chi connectivity index (χ2n) is 0.447. The van der Waals surface area contributed by atoms with Crippen molar-refractivity contribution in [3.8, 4) is 0 Å². The molecule has 0 heterocycles. The van der Waals surface area contributed by atoms with Gasteiger partial charge in [0.1, 0.15) is 0 Å². The standard InChI is InChI=1S/3K.3Mg.H3O4P.6H2O.6H/c;;;;;;1-5(2,3)4;;;;;;;;;;;;/h;;;;;;(H3,1,2,3,4);6*1H2;;;;;;/q3*+1;3*+2;;;;;;;;6*-1/p-3. The van der Waals surface area contributed by atoms with Crippen LogP contribution in [0.4, 0.5) is 0 Å². The minimum absolute atomic E-state index is 0. The normalized spacial score (nSPS) is 3.47. The van der Waals surface area contributed by atoms with Gasteiger partial charge in [-0.05, 0) is 0 Å². The van der Waals surface area contributed by atoms with Gasteiger partial charge in [0.05, 0.1) is 0 Å². The Morgan fingerprint density at radius 2 is 0.588 bits per heavy atom. The summed E-state index contributed by atoms with van der Waals surface area (Å²) in [6.07, 6.45) is 0. The molecule has 10 nitrogen and oxygen atoms in total. The number of phosphoric acid groups is 1. The maximum atomic E-state index is 8.55. The summed E-state index contributed by atoms with van der Waals surface area (Å²) in [6.45, 7) is 0. The maximum Gasteiger partial charge on any atom is 2.00 e. The Morgan fingerprint density at radius 1 is 0.588 bits per heavy atom. The molecule has 0 radical (unpaired) electrons. The Kier molecular flexibility index (Phi) is 404. The summed E-state index contributed by atoms with van der Waals surface area (Å²) in [5.74, 6) is 0. The summed E-state index contributed by atoms with van der Waals surface area (Å²) in [5.41, 5.74) is 0. The molecule has 0 amide bonds. The zero-order chi connectivity index (χ0) is 4.50. The average Bonchev–Trinajstić information content (AvgIpc) is 0.722. The van der Waals surface area contributed by atoms with E-state index in [0.29, 0.717) is 0 Å². The predicted molar refractivity (Wildman–Crippen MR) is 53.2 cm³/mol. The molecule has 17 heavy (non-hydrogen) atoms. The van der Waals surface area contributed by atoms with Crippen molar-refractivity contribution >= 4 is 77.0 Å². The minimum Gasteiger partial charge on any atom is -1.00 e. The third-order valence-corrected chi connectivity index (χ3v) is 0. The van der Waals surface area contributed by atoms with Crippen LogP contribution < -0.4 is 169 Å². The Balaban J connectivity index is -0.000000000523. The zero-order valence-corrected chi connectivity index (χ0v) is 24.7. The van der Waals surface area contributed by atoms with Gasteiger partial charge in [-0.3, -0.25) is 0 Å². The van der Waals surface area contributed by atoms with E-state index in [1.807, 2.05) is 0 Å². The molecule has 17 heteroatoms. The number of hydrogen-bond donors (Lipinski definition) is 0. The number of rotatable bonds is 0. The van der Waals surface area contributed by atoms with Crippen LogP contribution in [0.1, 0.15) is 8.56 Å². The van der Waals surface area contributed by atoms with Crippen molar-refractivity contribution in [2.24, 2.45) is 0 Å². The molecule has 0 saturated carbocycles. The molecule has 0 aliphatic carbocycles. The molecule has 0 rings (SSSR count). The van der Waals surface area contributed by atoms with Crippen molar-refractivity contribution in [1.82, 2.24) is 0 Å². The molecular weight excluding hydrogens is 381 g/mol. The van der Waals surface area contributed by atoms with Crippen LogP contribution in [0.5, 0.6) is 0 Å². The Bertz CT molecular complexity index is 92.0. The first-order chi connectivity index (χ1) is 2.00. The fraction of sp³-hybridized carbons (Fsp3) is 0. The van der Waals surface area contributed by atoms with Crippen LogP contribution in [0.3, 0.4) is 0 Å². The van der Waals surface area contributed by atoms with Crippen LogP contribution >= 0.6 is 7.82 Å². The van der Waals surface area contributed by atoms with E-state index in [2.05, 4.69) is 0 Å². The molecular formula is H18K3Mg3O10P. The molecule has 0 bridgehead atoms. The van der Waals surface area contributed by atoms with Gasteiger partial charge in [0.15, 0.2) is 0 Å². The van der Waals surface area contributed by atoms with Crippen LogP contribution in [-0.2, 0) is 4.57 Å². The van der Waals surface area contributed by atoms with E-state index in [-0.39, 0.29) is 265 Å². The fourth-order valence-corrected chi connectivity index (χ4v) is 0. The molecule has 0 fully saturated rings. The first-order valence-corrected chi connectivity index (χ1v) is 2.19. The second-order valence-corrected chi connectivity index (χ2v) is 1.34. The molecule has 0 atom stereocenters. The molecule has 0 saturated heterocycles. The Morgan fingerprint density at radius 3 is 0.588 bits per heavy atom. The van der Waals surface area contributed by atoms with E-state index in [4.69, 9.17) is 19.2 Å². The van der Waals surface area contributed by atoms with Gasteiger partial charge in [-0.1, -0.05) is 0 Å². The number of hydrogen-bond acceptors (Lipinski definition) is 4. The van der Waals surface area contributed by atoms with E-state index in [9.17, 15) is 0 Å². The van der Waals surface area contributed by atoms with Crippen molar-refractivity contribution < 1.29 is 215 Å². The van der Waals surface area contributed by atoms with Gasteiger partial charge < -0.3 is 60.7 Å². The Hall–Kier alpha value is 7.08. The SMILES string of the molecule is O.O.O.O.O.O.O=P([O-])([O-])[O-].[H-].[H-].[H-].[H-].[H-].[H-].[K+].[K+].[K+].[Mg+2].[Mg+2].[Mg+2]. The molecule has 0 aliphatic rings. The molecule has 0 spiro atoms. The van der Waals surface area contributed by atoms with Gasteiger partial charge in [0.2, 0.25) is 0 Å². The van der Waals surface area contributed by atoms with Crippen molar-refractivity contribution in [3.63, 3.8) is 0 Å². The van der Waals surface area contributed by atoms with E-state index >= 15 is 0 Å². The molecule has 12 N–H and O–H groups in total. The van der Waals surface area contributed by atoms with Gasteiger partial charge in [0.25, 0.3) is 0 Å². The largest absolute Gasteiger partial charge is 2.00 e. The topological polar surface area (TPSA) is 275 Å². The van der Waals surface area contributed by atoms with Crippen molar-refractivity contribution in [1.29, 1.82) is 0 Å². The monoisotopic (exact) mass is 398 g/mol. The quantitative estimate of drug-likeness (QED) is 0.283. The van der Waals surface area contributed by atoms with Gasteiger partial charge in [-0.2, -0.15) is 7.82 Å². The minimum atomic E-state index is -5.39. The van der Waals surface area contributed by atoms with E-state index < -0.39 is 7.82 Å². The molecule has 0 aromatic heterocycles. The Labute approximate surface area is 284 Å². The van der Waals surface area contributed by atoms with Crippen LogP contribution in [-0.4, -0.2) is 102 Å². The summed E-state index contributed by atoms with van der Waals surface area (Å²) in [7, 11) is -5.39. The van der Waals surface area contributed by atoms with Gasteiger partial charge in [0, 0.05) is 0 Å². The van der Waals surface area contributed by atoms with Gasteiger partial charge in [-0.15, -0.1) is 0 Å². The predicted octanol–water partition coefficient (Wildman–Crippen LogP) is -17.2. The van der Waals surface area contributed by atoms with E-state index in [1.54, 1.807) is 0 Å². The fourth-order valence-electron chi connectivity index (χ4n) is 0. The van der Waals surface area contributed by atoms with Gasteiger partial charge >= 0.3 is 223 Å². The summed E-state index contributed by atoms with van der Waals surface area (Å²) in [4.78, 5) is 25.6. The molecule has 0 aliphatic heterocycles. The summed E-state index contributed by atoms with van der Waals surface area (Å²) in [5, 5.41) is 0. The van der Waals surface area contributed by atoms with E-state index in [0.717, 1.165) is 0 Å². The maximum absolute atomic E-state index is 8.55. The first kappa shape index (κ1) is 104. The average molecular weight is 399 g/mol. The van der Waals surface area contributed by atoms with Crippen molar-refractivity contribution in [3.05, 3.63) is 0 Å². The van der Waals surface area contributed by atoms with Crippen LogP contribution in [0, 0.1) is 0 Å². The third-order valence-electron chi connectivity index (χ3n) is 0. The molecule has 0 unspecified atom stereocenters. The third kappa shape index (κ3) is 205. The van der Waals surface area contributed by atoms with Crippen molar-refractivity contribution in [2.75, 3.05) is 0 Å². The molecule has 92 valence electrons. The second kappa shape index (κ2) is 65.8. The van der Waals surface area contributed by atoms with E-state index in [1.165, 1.54) is 0 Å². The van der Waals surface area contributed by atoms with Crippen LogP contribution in [0.2, 0.25) is 0 Å². The van der Waals surface area contributed by atoms with Gasteiger partial charge in [-0.25, -0.2) is 0 Å². The van der Waals surface area contributed by atoms with Crippen LogP contribution in [0.15, 0.2) is 0 Å². The molecule has 0 aromatic rings. The molecule has 0 aromatic carbocycles. The zero-order valence-electron chi connectivity index (χ0n) is 16.2. The summed E-state index contributed by atoms with van der Waals surface area (Å²) < 4.78 is 8.55. The van der Waals surface area contributed by atoms with Crippen LogP contribution in [0.25, 0.3) is 0 Å².